The molecule has 5 unspecified atom stereocenters. The van der Waals surface area contributed by atoms with E-state index in [1.807, 2.05) is 35.5 Å². The van der Waals surface area contributed by atoms with Crippen LogP contribution in [-0.4, -0.2) is 34.5 Å². The maximum absolute atomic E-state index is 12.6. The van der Waals surface area contributed by atoms with Crippen LogP contribution in [0, 0.1) is 11.8 Å². The summed E-state index contributed by atoms with van der Waals surface area (Å²) in [5.74, 6) is 1.01. The molecule has 5 atom stereocenters. The largest absolute Gasteiger partial charge is 0.335 e. The first-order valence-electron chi connectivity index (χ1n) is 9.78. The van der Waals surface area contributed by atoms with Crippen LogP contribution in [0.15, 0.2) is 54.9 Å². The summed E-state index contributed by atoms with van der Waals surface area (Å²) in [6.45, 7) is 1.51. The number of pyridine rings is 1. The molecular formula is C21H25N5O. The van der Waals surface area contributed by atoms with Gasteiger partial charge in [-0.1, -0.05) is 30.3 Å². The lowest BCUT2D eigenvalue weighted by atomic mass is 9.71. The summed E-state index contributed by atoms with van der Waals surface area (Å²) in [4.78, 5) is 18.7. The lowest BCUT2D eigenvalue weighted by molar-refractivity contribution is 0.0962. The first-order valence-corrected chi connectivity index (χ1v) is 9.78. The Morgan fingerprint density at radius 2 is 1.81 bits per heavy atom. The molecule has 3 aliphatic rings. The van der Waals surface area contributed by atoms with Crippen LogP contribution in [0.5, 0.6) is 0 Å². The van der Waals surface area contributed by atoms with Crippen molar-refractivity contribution >= 4 is 6.03 Å². The Bertz CT molecular complexity index is 799. The van der Waals surface area contributed by atoms with Gasteiger partial charge in [0.2, 0.25) is 0 Å². The van der Waals surface area contributed by atoms with E-state index in [1.54, 1.807) is 0 Å². The van der Waals surface area contributed by atoms with Crippen molar-refractivity contribution in [1.82, 2.24) is 26.1 Å². The Balaban J connectivity index is 1.31. The summed E-state index contributed by atoms with van der Waals surface area (Å²) < 4.78 is 0. The molecule has 5 rings (SSSR count). The number of nitrogens with one attached hydrogen (secondary N) is 3. The van der Waals surface area contributed by atoms with Crippen LogP contribution in [0.2, 0.25) is 0 Å². The first-order chi connectivity index (χ1) is 13.3. The molecule has 1 aromatic carbocycles. The van der Waals surface area contributed by atoms with Crippen molar-refractivity contribution in [2.24, 2.45) is 11.8 Å². The molecule has 0 bridgehead atoms. The Labute approximate surface area is 159 Å². The van der Waals surface area contributed by atoms with Gasteiger partial charge in [0.25, 0.3) is 0 Å². The van der Waals surface area contributed by atoms with Gasteiger partial charge in [-0.2, -0.15) is 0 Å². The van der Waals surface area contributed by atoms with Gasteiger partial charge in [0.1, 0.15) is 0 Å². The van der Waals surface area contributed by atoms with Crippen LogP contribution in [0.4, 0.5) is 4.79 Å². The normalized spacial score (nSPS) is 32.5. The number of hydrogen-bond acceptors (Lipinski definition) is 4. The number of carbonyl (C=O) groups is 1. The third kappa shape index (κ3) is 3.19. The molecule has 3 fully saturated rings. The van der Waals surface area contributed by atoms with Crippen LogP contribution in [0.1, 0.15) is 30.0 Å². The Morgan fingerprint density at radius 1 is 1.00 bits per heavy atom. The van der Waals surface area contributed by atoms with Crippen molar-refractivity contribution in [3.63, 3.8) is 0 Å². The molecule has 0 radical (unpaired) electrons. The van der Waals surface area contributed by atoms with E-state index < -0.39 is 0 Å². The highest BCUT2D eigenvalue weighted by Crippen LogP contribution is 2.41. The molecule has 2 aliphatic heterocycles. The van der Waals surface area contributed by atoms with Gasteiger partial charge in [0.15, 0.2) is 0 Å². The molecule has 1 saturated carbocycles. The number of nitrogens with zero attached hydrogens (tertiary/aromatic N) is 2. The fourth-order valence-corrected chi connectivity index (χ4v) is 4.99. The number of benzene rings is 1. The minimum Gasteiger partial charge on any atom is -0.335 e. The topological polar surface area (TPSA) is 69.3 Å². The Hall–Kier alpha value is -2.44. The van der Waals surface area contributed by atoms with Crippen LogP contribution in [-0.2, 0) is 6.54 Å². The zero-order valence-corrected chi connectivity index (χ0v) is 15.2. The molecule has 1 aromatic heterocycles. The second-order valence-corrected chi connectivity index (χ2v) is 7.97. The predicted molar refractivity (Wildman–Crippen MR) is 102 cm³/mol. The van der Waals surface area contributed by atoms with Gasteiger partial charge < -0.3 is 10.2 Å². The summed E-state index contributed by atoms with van der Waals surface area (Å²) >= 11 is 0. The monoisotopic (exact) mass is 363 g/mol. The van der Waals surface area contributed by atoms with Crippen LogP contribution in [0.3, 0.4) is 0 Å². The molecular weight excluding hydrogens is 338 g/mol. The molecule has 6 heteroatoms. The Kier molecular flexibility index (Phi) is 4.30. The van der Waals surface area contributed by atoms with Gasteiger partial charge in [-0.05, 0) is 47.9 Å². The van der Waals surface area contributed by atoms with E-state index in [9.17, 15) is 4.79 Å². The van der Waals surface area contributed by atoms with Crippen molar-refractivity contribution in [2.75, 3.05) is 6.54 Å². The molecule has 3 N–H and O–H groups in total. The SMILES string of the molecule is O=C1NC2CC3NNC(c4ccncc4)C3CC2CN1Cc1ccccc1. The lowest BCUT2D eigenvalue weighted by Crippen LogP contribution is -2.60. The summed E-state index contributed by atoms with van der Waals surface area (Å²) in [6.07, 6.45) is 5.81. The van der Waals surface area contributed by atoms with E-state index in [2.05, 4.69) is 45.4 Å². The van der Waals surface area contributed by atoms with Crippen molar-refractivity contribution in [3.05, 3.63) is 66.0 Å². The van der Waals surface area contributed by atoms with Gasteiger partial charge in [-0.3, -0.25) is 10.4 Å². The molecule has 140 valence electrons. The van der Waals surface area contributed by atoms with Gasteiger partial charge in [0, 0.05) is 37.6 Å². The van der Waals surface area contributed by atoms with E-state index in [0.29, 0.717) is 30.5 Å². The highest BCUT2D eigenvalue weighted by molar-refractivity contribution is 5.75. The number of hydrogen-bond donors (Lipinski definition) is 3. The van der Waals surface area contributed by atoms with Crippen molar-refractivity contribution in [3.8, 4) is 0 Å². The molecule has 0 spiro atoms. The maximum atomic E-state index is 12.6. The number of aromatic nitrogens is 1. The third-order valence-corrected chi connectivity index (χ3v) is 6.35. The zero-order valence-electron chi connectivity index (χ0n) is 15.2. The Morgan fingerprint density at radius 3 is 2.63 bits per heavy atom. The first kappa shape index (κ1) is 16.7. The smallest absolute Gasteiger partial charge is 0.317 e. The highest BCUT2D eigenvalue weighted by atomic mass is 16.2. The van der Waals surface area contributed by atoms with E-state index in [1.165, 1.54) is 11.1 Å². The molecule has 6 nitrogen and oxygen atoms in total. The number of carbonyl (C=O) groups excluding carboxylic acids is 1. The molecule has 1 aliphatic carbocycles. The summed E-state index contributed by atoms with van der Waals surface area (Å²) in [5, 5.41) is 3.27. The number of rotatable bonds is 3. The van der Waals surface area contributed by atoms with Gasteiger partial charge >= 0.3 is 6.03 Å². The van der Waals surface area contributed by atoms with Crippen LogP contribution >= 0.6 is 0 Å². The second-order valence-electron chi connectivity index (χ2n) is 7.97. The fourth-order valence-electron chi connectivity index (χ4n) is 4.99. The molecule has 27 heavy (non-hydrogen) atoms. The van der Waals surface area contributed by atoms with E-state index in [4.69, 9.17) is 0 Å². The zero-order chi connectivity index (χ0) is 18.2. The quantitative estimate of drug-likeness (QED) is 0.782. The number of fused-ring (bicyclic) bond motifs is 2. The highest BCUT2D eigenvalue weighted by Gasteiger charge is 2.47. The van der Waals surface area contributed by atoms with E-state index in [-0.39, 0.29) is 12.1 Å². The van der Waals surface area contributed by atoms with E-state index >= 15 is 0 Å². The molecule has 2 amide bonds. The molecule has 3 heterocycles. The van der Waals surface area contributed by atoms with Crippen LogP contribution in [0.25, 0.3) is 0 Å². The minimum atomic E-state index is 0.0650. The van der Waals surface area contributed by atoms with Crippen molar-refractivity contribution in [1.29, 1.82) is 0 Å². The summed E-state index contributed by atoms with van der Waals surface area (Å²) in [7, 11) is 0. The number of urea groups is 1. The van der Waals surface area contributed by atoms with Gasteiger partial charge in [0.05, 0.1) is 6.04 Å². The molecule has 2 aromatic rings. The summed E-state index contributed by atoms with van der Waals surface area (Å²) in [5.41, 5.74) is 9.41. The number of amides is 2. The number of hydrazine groups is 1. The average Bonchev–Trinajstić information content (AvgIpc) is 3.11. The lowest BCUT2D eigenvalue weighted by Gasteiger charge is -2.45. The average molecular weight is 363 g/mol. The van der Waals surface area contributed by atoms with Gasteiger partial charge in [-0.25, -0.2) is 10.2 Å². The minimum absolute atomic E-state index is 0.0650. The fraction of sp³-hybridized carbons (Fsp3) is 0.429. The standard InChI is InChI=1S/C21H25N5O/c27-21-23-18-11-19-17(20(25-24-19)15-6-8-22-9-7-15)10-16(18)13-26(21)12-14-4-2-1-3-5-14/h1-9,16-20,24-25H,10-13H2,(H,23,27). The van der Waals surface area contributed by atoms with E-state index in [0.717, 1.165) is 19.4 Å². The third-order valence-electron chi connectivity index (χ3n) is 6.35. The predicted octanol–water partition coefficient (Wildman–Crippen LogP) is 2.22. The van der Waals surface area contributed by atoms with Crippen molar-refractivity contribution in [2.45, 2.75) is 37.5 Å². The second kappa shape index (κ2) is 6.94. The van der Waals surface area contributed by atoms with Crippen LogP contribution < -0.4 is 16.2 Å². The molecule has 2 saturated heterocycles. The maximum Gasteiger partial charge on any atom is 0.317 e. The van der Waals surface area contributed by atoms with Crippen molar-refractivity contribution < 1.29 is 4.79 Å². The summed E-state index contributed by atoms with van der Waals surface area (Å²) in [6, 6.07) is 15.4. The van der Waals surface area contributed by atoms with Gasteiger partial charge in [-0.15, -0.1) is 0 Å².